The Morgan fingerprint density at radius 1 is 1.33 bits per heavy atom. The Hall–Kier alpha value is -0.530. The van der Waals surface area contributed by atoms with Gasteiger partial charge in [0, 0.05) is 6.42 Å². The third kappa shape index (κ3) is 3.84. The summed E-state index contributed by atoms with van der Waals surface area (Å²) in [6.45, 7) is 8.75. The molecule has 88 valence electrons. The van der Waals surface area contributed by atoms with Gasteiger partial charge in [-0.2, -0.15) is 0 Å². The molecule has 0 aromatic carbocycles. The van der Waals surface area contributed by atoms with Crippen LogP contribution in [0.4, 0.5) is 0 Å². The first-order valence-corrected chi connectivity index (χ1v) is 6.40. The second-order valence-corrected chi connectivity index (χ2v) is 4.71. The third-order valence-electron chi connectivity index (χ3n) is 3.36. The molecule has 3 atom stereocenters. The van der Waals surface area contributed by atoms with Crippen LogP contribution in [-0.2, 0) is 4.74 Å². The fraction of sp³-hybridized carbons (Fsp3) is 0.923. The van der Waals surface area contributed by atoms with Gasteiger partial charge in [0.05, 0.1) is 6.04 Å². The van der Waals surface area contributed by atoms with Gasteiger partial charge in [-0.15, -0.1) is 0 Å². The third-order valence-corrected chi connectivity index (χ3v) is 3.36. The molecule has 15 heavy (non-hydrogen) atoms. The molecule has 0 radical (unpaired) electrons. The van der Waals surface area contributed by atoms with Crippen LogP contribution in [0.3, 0.4) is 0 Å². The molecule has 0 saturated carbocycles. The van der Waals surface area contributed by atoms with Crippen molar-refractivity contribution in [3.05, 3.63) is 0 Å². The van der Waals surface area contributed by atoms with E-state index in [9.17, 15) is 0 Å². The van der Waals surface area contributed by atoms with Crippen LogP contribution >= 0.6 is 0 Å². The molecule has 0 aromatic rings. The zero-order valence-electron chi connectivity index (χ0n) is 10.6. The zero-order chi connectivity index (χ0) is 11.3. The molecule has 1 heterocycles. The molecule has 2 nitrogen and oxygen atoms in total. The van der Waals surface area contributed by atoms with Crippen LogP contribution in [0.25, 0.3) is 0 Å². The van der Waals surface area contributed by atoms with Gasteiger partial charge in [0.25, 0.3) is 0 Å². The van der Waals surface area contributed by atoms with Crippen molar-refractivity contribution in [3.8, 4) is 0 Å². The summed E-state index contributed by atoms with van der Waals surface area (Å²) in [7, 11) is 0. The maximum absolute atomic E-state index is 5.74. The van der Waals surface area contributed by atoms with E-state index in [-0.39, 0.29) is 6.10 Å². The predicted molar refractivity (Wildman–Crippen MR) is 65.4 cm³/mol. The van der Waals surface area contributed by atoms with Crippen LogP contribution in [0, 0.1) is 5.92 Å². The van der Waals surface area contributed by atoms with Crippen molar-refractivity contribution >= 4 is 5.90 Å². The number of ether oxygens (including phenoxy) is 1. The summed E-state index contributed by atoms with van der Waals surface area (Å²) in [5, 5.41) is 0. The predicted octanol–water partition coefficient (Wildman–Crippen LogP) is 3.80. The lowest BCUT2D eigenvalue weighted by atomic mass is 9.96. The van der Waals surface area contributed by atoms with Crippen molar-refractivity contribution in [2.24, 2.45) is 10.9 Å². The number of hydrogen-bond donors (Lipinski definition) is 0. The highest BCUT2D eigenvalue weighted by Gasteiger charge is 2.24. The average Bonchev–Trinajstić information content (AvgIpc) is 2.53. The lowest BCUT2D eigenvalue weighted by molar-refractivity contribution is 0.209. The van der Waals surface area contributed by atoms with Crippen LogP contribution in [0.2, 0.25) is 0 Å². The molecule has 2 heteroatoms. The second kappa shape index (κ2) is 6.14. The highest BCUT2D eigenvalue weighted by molar-refractivity contribution is 5.78. The summed E-state index contributed by atoms with van der Waals surface area (Å²) >= 11 is 0. The van der Waals surface area contributed by atoms with Crippen molar-refractivity contribution < 1.29 is 4.74 Å². The topological polar surface area (TPSA) is 21.6 Å². The molecule has 0 bridgehead atoms. The maximum Gasteiger partial charge on any atom is 0.184 e. The molecule has 0 fully saturated rings. The molecule has 3 unspecified atom stereocenters. The van der Waals surface area contributed by atoms with Crippen molar-refractivity contribution in [2.45, 2.75) is 71.9 Å². The van der Waals surface area contributed by atoms with E-state index in [0.717, 1.165) is 18.2 Å². The lowest BCUT2D eigenvalue weighted by Gasteiger charge is -2.14. The van der Waals surface area contributed by atoms with E-state index in [0.29, 0.717) is 6.04 Å². The molecule has 0 spiro atoms. The number of unbranched alkanes of at least 4 members (excludes halogenated alkanes) is 1. The number of rotatable bonds is 6. The van der Waals surface area contributed by atoms with Crippen molar-refractivity contribution in [2.75, 3.05) is 0 Å². The Morgan fingerprint density at radius 2 is 2.07 bits per heavy atom. The maximum atomic E-state index is 5.74. The average molecular weight is 211 g/mol. The van der Waals surface area contributed by atoms with E-state index >= 15 is 0 Å². The van der Waals surface area contributed by atoms with E-state index in [2.05, 4.69) is 32.7 Å². The summed E-state index contributed by atoms with van der Waals surface area (Å²) in [5.74, 6) is 1.76. The van der Waals surface area contributed by atoms with E-state index in [4.69, 9.17) is 4.74 Å². The first-order valence-electron chi connectivity index (χ1n) is 6.40. The SMILES string of the molecule is CCCCC(CC)CC1=NC(C)C(C)O1. The van der Waals surface area contributed by atoms with Crippen molar-refractivity contribution in [1.29, 1.82) is 0 Å². The Balaban J connectivity index is 2.35. The second-order valence-electron chi connectivity index (χ2n) is 4.71. The molecule has 0 saturated heterocycles. The Bertz CT molecular complexity index is 213. The number of nitrogens with zero attached hydrogens (tertiary/aromatic N) is 1. The summed E-state index contributed by atoms with van der Waals surface area (Å²) < 4.78 is 5.74. The van der Waals surface area contributed by atoms with Crippen LogP contribution < -0.4 is 0 Å². The van der Waals surface area contributed by atoms with Gasteiger partial charge in [0.2, 0.25) is 0 Å². The summed E-state index contributed by atoms with van der Waals surface area (Å²) in [4.78, 5) is 4.56. The van der Waals surface area contributed by atoms with E-state index < -0.39 is 0 Å². The quantitative estimate of drug-likeness (QED) is 0.655. The van der Waals surface area contributed by atoms with Gasteiger partial charge in [-0.3, -0.25) is 0 Å². The van der Waals surface area contributed by atoms with Crippen molar-refractivity contribution in [1.82, 2.24) is 0 Å². The van der Waals surface area contributed by atoms with Gasteiger partial charge >= 0.3 is 0 Å². The number of aliphatic imine (C=N–C) groups is 1. The Morgan fingerprint density at radius 3 is 2.53 bits per heavy atom. The van der Waals surface area contributed by atoms with Gasteiger partial charge in [-0.25, -0.2) is 4.99 Å². The normalized spacial score (nSPS) is 27.3. The Labute approximate surface area is 94.1 Å². The van der Waals surface area contributed by atoms with Crippen LogP contribution in [0.5, 0.6) is 0 Å². The van der Waals surface area contributed by atoms with Gasteiger partial charge in [-0.1, -0.05) is 33.1 Å². The zero-order valence-corrected chi connectivity index (χ0v) is 10.6. The van der Waals surface area contributed by atoms with Crippen molar-refractivity contribution in [3.63, 3.8) is 0 Å². The smallest absolute Gasteiger partial charge is 0.184 e. The minimum absolute atomic E-state index is 0.281. The first-order chi connectivity index (χ1) is 7.17. The molecule has 1 aliphatic heterocycles. The molecule has 1 aliphatic rings. The standard InChI is InChI=1S/C13H25NO/c1-5-7-8-12(6-2)9-13-14-10(3)11(4)15-13/h10-12H,5-9H2,1-4H3. The lowest BCUT2D eigenvalue weighted by Crippen LogP contribution is -2.15. The van der Waals surface area contributed by atoms with Gasteiger partial charge in [0.15, 0.2) is 5.90 Å². The monoisotopic (exact) mass is 211 g/mol. The molecule has 0 amide bonds. The molecular formula is C13H25NO. The molecule has 0 N–H and O–H groups in total. The minimum Gasteiger partial charge on any atom is -0.476 e. The highest BCUT2D eigenvalue weighted by atomic mass is 16.5. The van der Waals surface area contributed by atoms with Gasteiger partial charge in [0.1, 0.15) is 6.10 Å². The largest absolute Gasteiger partial charge is 0.476 e. The molecule has 0 aromatic heterocycles. The van der Waals surface area contributed by atoms with E-state index in [1.54, 1.807) is 0 Å². The fourth-order valence-electron chi connectivity index (χ4n) is 1.97. The van der Waals surface area contributed by atoms with E-state index in [1.165, 1.54) is 25.7 Å². The first kappa shape index (κ1) is 12.5. The van der Waals surface area contributed by atoms with Gasteiger partial charge < -0.3 is 4.74 Å². The molecule has 0 aliphatic carbocycles. The summed E-state index contributed by atoms with van der Waals surface area (Å²) in [6.07, 6.45) is 6.51. The molecule has 1 rings (SSSR count). The Kier molecular flexibility index (Phi) is 5.13. The number of hydrogen-bond acceptors (Lipinski definition) is 2. The van der Waals surface area contributed by atoms with Gasteiger partial charge in [-0.05, 0) is 26.2 Å². The van der Waals surface area contributed by atoms with Crippen LogP contribution in [0.1, 0.15) is 59.8 Å². The van der Waals surface area contributed by atoms with Crippen LogP contribution in [0.15, 0.2) is 4.99 Å². The minimum atomic E-state index is 0.281. The fourth-order valence-corrected chi connectivity index (χ4v) is 1.97. The highest BCUT2D eigenvalue weighted by Crippen LogP contribution is 2.22. The summed E-state index contributed by atoms with van der Waals surface area (Å²) in [6, 6.07) is 0.351. The van der Waals surface area contributed by atoms with E-state index in [1.807, 2.05) is 0 Å². The summed E-state index contributed by atoms with van der Waals surface area (Å²) in [5.41, 5.74) is 0. The van der Waals surface area contributed by atoms with Crippen LogP contribution in [-0.4, -0.2) is 18.0 Å². The molecular weight excluding hydrogens is 186 g/mol.